The molecule has 3 heterocycles. The Bertz CT molecular complexity index is 1310. The Morgan fingerprint density at radius 1 is 1.10 bits per heavy atom. The zero-order valence-electron chi connectivity index (χ0n) is 17.2. The quantitative estimate of drug-likeness (QED) is 0.575. The van der Waals surface area contributed by atoms with Gasteiger partial charge in [-0.2, -0.15) is 15.1 Å². The maximum Gasteiger partial charge on any atom is 0.283 e. The molecule has 0 atom stereocenters. The monoisotopic (exact) mass is 427 g/mol. The number of nitrogens with one attached hydrogen (secondary N) is 1. The first kappa shape index (κ1) is 19.5. The van der Waals surface area contributed by atoms with Crippen LogP contribution in [0.2, 0.25) is 0 Å². The van der Waals surface area contributed by atoms with Gasteiger partial charge in [0, 0.05) is 24.0 Å². The number of thioether (sulfide) groups is 1. The normalized spacial score (nSPS) is 17.5. The fourth-order valence-electron chi connectivity index (χ4n) is 3.68. The van der Waals surface area contributed by atoms with Gasteiger partial charge in [-0.05, 0) is 58.8 Å². The van der Waals surface area contributed by atoms with Gasteiger partial charge in [-0.15, -0.1) is 0 Å². The Morgan fingerprint density at radius 3 is 2.71 bits per heavy atom. The molecule has 0 aliphatic carbocycles. The van der Waals surface area contributed by atoms with Gasteiger partial charge in [-0.1, -0.05) is 44.2 Å². The molecule has 2 aliphatic rings. The molecule has 5 rings (SSSR count). The molecule has 0 bridgehead atoms. The predicted molar refractivity (Wildman–Crippen MR) is 128 cm³/mol. The summed E-state index contributed by atoms with van der Waals surface area (Å²) < 4.78 is 2.01. The van der Waals surface area contributed by atoms with E-state index in [9.17, 15) is 4.79 Å². The number of hydrogen-bond donors (Lipinski definition) is 1. The van der Waals surface area contributed by atoms with Crippen molar-refractivity contribution in [3.05, 3.63) is 72.1 Å². The zero-order chi connectivity index (χ0) is 21.5. The first-order valence-corrected chi connectivity index (χ1v) is 11.0. The molecule has 1 amide bonds. The van der Waals surface area contributed by atoms with Crippen LogP contribution in [0.4, 0.5) is 0 Å². The fraction of sp³-hybridized carbons (Fsp3) is 0.167. The number of aliphatic imine (C=N–C) groups is 1. The van der Waals surface area contributed by atoms with E-state index in [1.807, 2.05) is 41.1 Å². The van der Waals surface area contributed by atoms with E-state index in [4.69, 9.17) is 5.41 Å². The van der Waals surface area contributed by atoms with Crippen LogP contribution >= 0.6 is 11.8 Å². The maximum absolute atomic E-state index is 12.7. The van der Waals surface area contributed by atoms with Crippen molar-refractivity contribution in [2.75, 3.05) is 0 Å². The standard InChI is InChI=1S/C24H21N5OS/c1-15(2)12-21-27-29-22(25)20(23(30)26-24(29)31-21)14-18-8-5-11-28(18)19-10-9-16-6-3-4-7-17(16)13-19/h3-11,13-15,25H,12H2,1-2H3/b20-14-,25-22?. The van der Waals surface area contributed by atoms with E-state index in [1.165, 1.54) is 22.2 Å². The van der Waals surface area contributed by atoms with Crippen LogP contribution in [0.15, 0.2) is 76.5 Å². The molecule has 2 aliphatic heterocycles. The smallest absolute Gasteiger partial charge is 0.283 e. The number of fused-ring (bicyclic) bond motifs is 2. The van der Waals surface area contributed by atoms with Gasteiger partial charge < -0.3 is 4.57 Å². The van der Waals surface area contributed by atoms with Gasteiger partial charge in [-0.25, -0.2) is 0 Å². The van der Waals surface area contributed by atoms with Crippen molar-refractivity contribution in [3.63, 3.8) is 0 Å². The topological polar surface area (TPSA) is 73.8 Å². The number of nitrogens with zero attached hydrogens (tertiary/aromatic N) is 4. The minimum atomic E-state index is -0.406. The lowest BCUT2D eigenvalue weighted by Gasteiger charge is -2.20. The van der Waals surface area contributed by atoms with Crippen molar-refractivity contribution < 1.29 is 4.79 Å². The SMILES string of the molecule is CC(C)CC1=NN2C(=N)/C(=C/c3cccn3-c3ccc4ccccc4c3)C(=O)N=C2S1. The summed E-state index contributed by atoms with van der Waals surface area (Å²) in [5, 5.41) is 18.2. The van der Waals surface area contributed by atoms with Crippen molar-refractivity contribution >= 4 is 50.6 Å². The summed E-state index contributed by atoms with van der Waals surface area (Å²) in [6.45, 7) is 4.23. The number of carbonyl (C=O) groups is 1. The maximum atomic E-state index is 12.7. The molecular formula is C24H21N5OS. The van der Waals surface area contributed by atoms with Gasteiger partial charge in [0.15, 0.2) is 5.84 Å². The summed E-state index contributed by atoms with van der Waals surface area (Å²) in [7, 11) is 0. The van der Waals surface area contributed by atoms with Crippen LogP contribution in [0.5, 0.6) is 0 Å². The van der Waals surface area contributed by atoms with E-state index in [-0.39, 0.29) is 11.4 Å². The van der Waals surface area contributed by atoms with E-state index in [1.54, 1.807) is 6.08 Å². The van der Waals surface area contributed by atoms with Gasteiger partial charge in [0.1, 0.15) is 5.04 Å². The highest BCUT2D eigenvalue weighted by atomic mass is 32.2. The van der Waals surface area contributed by atoms with Crippen LogP contribution in [0.1, 0.15) is 26.0 Å². The van der Waals surface area contributed by atoms with Gasteiger partial charge in [0.05, 0.1) is 5.57 Å². The van der Waals surface area contributed by atoms with Gasteiger partial charge in [-0.3, -0.25) is 10.2 Å². The van der Waals surface area contributed by atoms with E-state index in [0.29, 0.717) is 11.1 Å². The molecule has 0 saturated heterocycles. The molecule has 7 heteroatoms. The highest BCUT2D eigenvalue weighted by Crippen LogP contribution is 2.31. The van der Waals surface area contributed by atoms with Gasteiger partial charge >= 0.3 is 0 Å². The number of hydrazone groups is 1. The Labute approximate surface area is 184 Å². The Morgan fingerprint density at radius 2 is 1.90 bits per heavy atom. The van der Waals surface area contributed by atoms with E-state index >= 15 is 0 Å². The molecule has 1 N–H and O–H groups in total. The van der Waals surface area contributed by atoms with Crippen molar-refractivity contribution in [1.29, 1.82) is 5.41 Å². The third kappa shape index (κ3) is 3.61. The summed E-state index contributed by atoms with van der Waals surface area (Å²) in [5.41, 5.74) is 2.03. The lowest BCUT2D eigenvalue weighted by molar-refractivity contribution is -0.114. The fourth-order valence-corrected chi connectivity index (χ4v) is 4.78. The first-order chi connectivity index (χ1) is 15.0. The highest BCUT2D eigenvalue weighted by Gasteiger charge is 2.35. The molecule has 1 aromatic heterocycles. The predicted octanol–water partition coefficient (Wildman–Crippen LogP) is 5.30. The second kappa shape index (κ2) is 7.67. The largest absolute Gasteiger partial charge is 0.317 e. The van der Waals surface area contributed by atoms with E-state index in [0.717, 1.165) is 28.2 Å². The Kier molecular flexibility index (Phi) is 4.82. The summed E-state index contributed by atoms with van der Waals surface area (Å²) in [5.74, 6) is 0.0989. The highest BCUT2D eigenvalue weighted by molar-refractivity contribution is 8.26. The molecule has 3 aromatic rings. The number of rotatable bonds is 4. The number of carbonyl (C=O) groups excluding carboxylic acids is 1. The second-order valence-corrected chi connectivity index (χ2v) is 8.99. The van der Waals surface area contributed by atoms with Crippen molar-refractivity contribution in [2.24, 2.45) is 16.0 Å². The summed E-state index contributed by atoms with van der Waals surface area (Å²) in [6, 6.07) is 18.3. The van der Waals surface area contributed by atoms with Gasteiger partial charge in [0.25, 0.3) is 5.91 Å². The molecule has 0 radical (unpaired) electrons. The van der Waals surface area contributed by atoms with Crippen LogP contribution in [-0.2, 0) is 4.79 Å². The third-order valence-electron chi connectivity index (χ3n) is 5.16. The average molecular weight is 428 g/mol. The van der Waals surface area contributed by atoms with E-state index in [2.05, 4.69) is 48.2 Å². The van der Waals surface area contributed by atoms with Crippen LogP contribution < -0.4 is 0 Å². The van der Waals surface area contributed by atoms with Crippen molar-refractivity contribution in [3.8, 4) is 5.69 Å². The minimum absolute atomic E-state index is 0.0625. The van der Waals surface area contributed by atoms with Crippen molar-refractivity contribution in [1.82, 2.24) is 9.58 Å². The van der Waals surface area contributed by atoms with E-state index < -0.39 is 5.91 Å². The summed E-state index contributed by atoms with van der Waals surface area (Å²) >= 11 is 1.37. The van der Waals surface area contributed by atoms with Crippen molar-refractivity contribution in [2.45, 2.75) is 20.3 Å². The lowest BCUT2D eigenvalue weighted by Crippen LogP contribution is -2.35. The average Bonchev–Trinajstić information content (AvgIpc) is 3.37. The molecule has 0 unspecified atom stereocenters. The summed E-state index contributed by atoms with van der Waals surface area (Å²) in [6.07, 6.45) is 4.47. The molecule has 6 nitrogen and oxygen atoms in total. The number of benzene rings is 2. The van der Waals surface area contributed by atoms with Crippen LogP contribution in [0.25, 0.3) is 22.5 Å². The molecule has 0 saturated carbocycles. The van der Waals surface area contributed by atoms with Crippen LogP contribution in [-0.4, -0.2) is 31.5 Å². The minimum Gasteiger partial charge on any atom is -0.317 e. The third-order valence-corrected chi connectivity index (χ3v) is 6.09. The number of hydrogen-bond acceptors (Lipinski definition) is 4. The van der Waals surface area contributed by atoms with Crippen LogP contribution in [0, 0.1) is 11.3 Å². The lowest BCUT2D eigenvalue weighted by atomic mass is 10.1. The molecular weight excluding hydrogens is 406 g/mol. The molecule has 31 heavy (non-hydrogen) atoms. The number of aromatic nitrogens is 1. The zero-order valence-corrected chi connectivity index (χ0v) is 18.1. The Hall–Kier alpha value is -3.45. The number of amides is 1. The second-order valence-electron chi connectivity index (χ2n) is 7.95. The Balaban J connectivity index is 1.51. The summed E-state index contributed by atoms with van der Waals surface area (Å²) in [4.78, 5) is 16.9. The number of amidine groups is 2. The molecule has 0 fully saturated rings. The van der Waals surface area contributed by atoms with Gasteiger partial charge in [0.2, 0.25) is 5.17 Å². The molecule has 2 aromatic carbocycles. The first-order valence-electron chi connectivity index (χ1n) is 10.2. The van der Waals surface area contributed by atoms with Crippen LogP contribution in [0.3, 0.4) is 0 Å². The molecule has 0 spiro atoms. The molecule has 154 valence electrons.